The Morgan fingerprint density at radius 1 is 1.47 bits per heavy atom. The minimum Gasteiger partial charge on any atom is -0.481 e. The topological polar surface area (TPSA) is 117 Å². The molecule has 0 radical (unpaired) electrons. The molecule has 1 aliphatic carbocycles. The molecular weight excluding hydrogens is 252 g/mol. The number of aliphatic carboxylic acids is 1. The molecule has 1 saturated carbocycles. The number of carboxylic acids is 1. The molecule has 0 spiro atoms. The third kappa shape index (κ3) is 3.43. The predicted molar refractivity (Wildman–Crippen MR) is 63.2 cm³/mol. The number of hydrogen-bond acceptors (Lipinski definition) is 5. The number of hydrogen-bond donors (Lipinski definition) is 3. The number of amides is 2. The number of carbonyl (C=O) groups is 2. The fraction of sp³-hybridized carbons (Fsp3) is 0.636. The molecule has 0 aliphatic heterocycles. The van der Waals surface area contributed by atoms with Gasteiger partial charge in [0.1, 0.15) is 0 Å². The fourth-order valence-electron chi connectivity index (χ4n) is 2.22. The van der Waals surface area contributed by atoms with Crippen molar-refractivity contribution < 1.29 is 19.2 Å². The summed E-state index contributed by atoms with van der Waals surface area (Å²) in [7, 11) is 0. The van der Waals surface area contributed by atoms with Crippen molar-refractivity contribution >= 4 is 12.0 Å². The first-order valence-corrected chi connectivity index (χ1v) is 6.12. The van der Waals surface area contributed by atoms with Crippen LogP contribution in [0.2, 0.25) is 0 Å². The van der Waals surface area contributed by atoms with Gasteiger partial charge in [0.15, 0.2) is 5.82 Å². The van der Waals surface area contributed by atoms with Crippen LogP contribution in [0.15, 0.2) is 4.52 Å². The van der Waals surface area contributed by atoms with Crippen LogP contribution in [0.25, 0.3) is 0 Å². The van der Waals surface area contributed by atoms with E-state index in [9.17, 15) is 9.59 Å². The van der Waals surface area contributed by atoms with Gasteiger partial charge in [0, 0.05) is 6.04 Å². The highest BCUT2D eigenvalue weighted by molar-refractivity contribution is 5.76. The molecule has 1 aromatic rings. The zero-order valence-electron chi connectivity index (χ0n) is 10.5. The van der Waals surface area contributed by atoms with Crippen LogP contribution in [-0.2, 0) is 11.3 Å². The summed E-state index contributed by atoms with van der Waals surface area (Å²) in [5, 5.41) is 17.8. The van der Waals surface area contributed by atoms with Crippen LogP contribution in [0.4, 0.5) is 4.79 Å². The normalized spacial score (nSPS) is 22.2. The second kappa shape index (κ2) is 5.68. The van der Waals surface area contributed by atoms with Crippen LogP contribution < -0.4 is 10.6 Å². The van der Waals surface area contributed by atoms with Crippen LogP contribution in [-0.4, -0.2) is 33.3 Å². The van der Waals surface area contributed by atoms with Crippen molar-refractivity contribution in [1.82, 2.24) is 20.8 Å². The van der Waals surface area contributed by atoms with E-state index >= 15 is 0 Å². The smallest absolute Gasteiger partial charge is 0.315 e. The molecule has 104 valence electrons. The zero-order chi connectivity index (χ0) is 13.8. The van der Waals surface area contributed by atoms with Gasteiger partial charge in [0.25, 0.3) is 0 Å². The van der Waals surface area contributed by atoms with E-state index in [4.69, 9.17) is 9.63 Å². The van der Waals surface area contributed by atoms with E-state index < -0.39 is 17.9 Å². The first-order valence-electron chi connectivity index (χ1n) is 6.12. The maximum atomic E-state index is 11.6. The summed E-state index contributed by atoms with van der Waals surface area (Å²) in [6.45, 7) is 1.81. The Labute approximate surface area is 109 Å². The molecule has 8 heteroatoms. The summed E-state index contributed by atoms with van der Waals surface area (Å²) in [6.07, 6.45) is 2.10. The molecule has 2 rings (SSSR count). The van der Waals surface area contributed by atoms with Gasteiger partial charge in [-0.2, -0.15) is 4.98 Å². The average Bonchev–Trinajstić information content (AvgIpc) is 2.95. The largest absolute Gasteiger partial charge is 0.481 e. The highest BCUT2D eigenvalue weighted by Gasteiger charge is 2.33. The summed E-state index contributed by atoms with van der Waals surface area (Å²) >= 11 is 0. The average molecular weight is 268 g/mol. The quantitative estimate of drug-likeness (QED) is 0.729. The molecule has 2 atom stereocenters. The van der Waals surface area contributed by atoms with Crippen molar-refractivity contribution in [2.24, 2.45) is 5.92 Å². The molecule has 0 bridgehead atoms. The zero-order valence-corrected chi connectivity index (χ0v) is 10.5. The summed E-state index contributed by atoms with van der Waals surface area (Å²) < 4.78 is 4.85. The number of nitrogens with one attached hydrogen (secondary N) is 2. The Morgan fingerprint density at radius 3 is 2.89 bits per heavy atom. The Morgan fingerprint density at radius 2 is 2.26 bits per heavy atom. The molecule has 1 fully saturated rings. The first kappa shape index (κ1) is 13.3. The molecule has 2 amide bonds. The lowest BCUT2D eigenvalue weighted by Gasteiger charge is -2.17. The number of urea groups is 1. The monoisotopic (exact) mass is 268 g/mol. The van der Waals surface area contributed by atoms with Gasteiger partial charge in [-0.1, -0.05) is 11.6 Å². The molecular formula is C11H16N4O4. The van der Waals surface area contributed by atoms with Crippen molar-refractivity contribution in [3.63, 3.8) is 0 Å². The van der Waals surface area contributed by atoms with Crippen LogP contribution in [0.5, 0.6) is 0 Å². The second-order valence-electron chi connectivity index (χ2n) is 4.54. The summed E-state index contributed by atoms with van der Waals surface area (Å²) in [6, 6.07) is -0.740. The molecule has 1 heterocycles. The van der Waals surface area contributed by atoms with Crippen LogP contribution in [0.3, 0.4) is 0 Å². The maximum absolute atomic E-state index is 11.6. The maximum Gasteiger partial charge on any atom is 0.315 e. The Kier molecular flexibility index (Phi) is 3.98. The highest BCUT2D eigenvalue weighted by atomic mass is 16.5. The number of rotatable bonds is 4. The van der Waals surface area contributed by atoms with Crippen molar-refractivity contribution in [1.29, 1.82) is 0 Å². The van der Waals surface area contributed by atoms with Gasteiger partial charge in [0.2, 0.25) is 5.89 Å². The summed E-state index contributed by atoms with van der Waals surface area (Å²) in [5.74, 6) is -0.556. The minimum atomic E-state index is -0.865. The highest BCUT2D eigenvalue weighted by Crippen LogP contribution is 2.25. The number of nitrogens with zero attached hydrogens (tertiary/aromatic N) is 2. The van der Waals surface area contributed by atoms with Gasteiger partial charge in [-0.3, -0.25) is 4.79 Å². The van der Waals surface area contributed by atoms with E-state index in [1.807, 2.05) is 0 Å². The number of aromatic nitrogens is 2. The van der Waals surface area contributed by atoms with E-state index in [-0.39, 0.29) is 12.6 Å². The van der Waals surface area contributed by atoms with E-state index in [1.165, 1.54) is 0 Å². The minimum absolute atomic E-state index is 0.122. The van der Waals surface area contributed by atoms with E-state index in [0.29, 0.717) is 24.6 Å². The first-order chi connectivity index (χ1) is 9.06. The van der Waals surface area contributed by atoms with Gasteiger partial charge >= 0.3 is 12.0 Å². The molecule has 0 saturated heterocycles. The Hall–Kier alpha value is -2.12. The van der Waals surface area contributed by atoms with Gasteiger partial charge in [-0.05, 0) is 19.8 Å². The predicted octanol–water partition coefficient (Wildman–Crippen LogP) is 0.431. The number of aryl methyl sites for hydroxylation is 1. The van der Waals surface area contributed by atoms with E-state index in [0.717, 1.165) is 6.42 Å². The third-order valence-corrected chi connectivity index (χ3v) is 3.12. The SMILES string of the molecule is Cc1noc(CNC(=O)NC2CCCC2C(=O)O)n1. The van der Waals surface area contributed by atoms with Gasteiger partial charge < -0.3 is 20.3 Å². The lowest BCUT2D eigenvalue weighted by atomic mass is 10.0. The van der Waals surface area contributed by atoms with E-state index in [1.54, 1.807) is 6.92 Å². The number of carboxylic acid groups (broad SMARTS) is 1. The van der Waals surface area contributed by atoms with Crippen LogP contribution in [0.1, 0.15) is 31.0 Å². The lowest BCUT2D eigenvalue weighted by molar-refractivity contribution is -0.142. The second-order valence-corrected chi connectivity index (χ2v) is 4.54. The van der Waals surface area contributed by atoms with Crippen LogP contribution in [0, 0.1) is 12.8 Å². The lowest BCUT2D eigenvalue weighted by Crippen LogP contribution is -2.45. The molecule has 2 unspecified atom stereocenters. The molecule has 1 aromatic heterocycles. The van der Waals surface area contributed by atoms with Gasteiger partial charge in [-0.25, -0.2) is 4.79 Å². The van der Waals surface area contributed by atoms with Crippen molar-refractivity contribution in [2.45, 2.75) is 38.8 Å². The van der Waals surface area contributed by atoms with E-state index in [2.05, 4.69) is 20.8 Å². The molecule has 19 heavy (non-hydrogen) atoms. The molecule has 3 N–H and O–H groups in total. The third-order valence-electron chi connectivity index (χ3n) is 3.12. The summed E-state index contributed by atoms with van der Waals surface area (Å²) in [5.41, 5.74) is 0. The number of carbonyl (C=O) groups excluding carboxylic acids is 1. The molecule has 1 aliphatic rings. The van der Waals surface area contributed by atoms with Crippen LogP contribution >= 0.6 is 0 Å². The Bertz CT molecular complexity index is 473. The van der Waals surface area contributed by atoms with Crippen molar-refractivity contribution in [3.05, 3.63) is 11.7 Å². The molecule has 8 nitrogen and oxygen atoms in total. The fourth-order valence-corrected chi connectivity index (χ4v) is 2.22. The summed E-state index contributed by atoms with van der Waals surface area (Å²) in [4.78, 5) is 26.6. The Balaban J connectivity index is 1.79. The van der Waals surface area contributed by atoms with Gasteiger partial charge in [-0.15, -0.1) is 0 Å². The van der Waals surface area contributed by atoms with Crippen molar-refractivity contribution in [3.8, 4) is 0 Å². The van der Waals surface area contributed by atoms with Crippen molar-refractivity contribution in [2.75, 3.05) is 0 Å². The van der Waals surface area contributed by atoms with Gasteiger partial charge in [0.05, 0.1) is 12.5 Å². The standard InChI is InChI=1S/C11H16N4O4/c1-6-13-9(19-15-6)5-12-11(18)14-8-4-2-3-7(8)10(16)17/h7-8H,2-5H2,1H3,(H,16,17)(H2,12,14,18). The molecule has 0 aromatic carbocycles.